The average Bonchev–Trinajstić information content (AvgIpc) is 2.22. The van der Waals surface area contributed by atoms with Crippen LogP contribution in [0.5, 0.6) is 0 Å². The smallest absolute Gasteiger partial charge is 0.310 e. The number of halogens is 3. The largest absolute Gasteiger partial charge is 0.469 e. The lowest BCUT2D eigenvalue weighted by Crippen LogP contribution is -2.07. The first-order chi connectivity index (χ1) is 7.45. The van der Waals surface area contributed by atoms with Gasteiger partial charge in [-0.2, -0.15) is 0 Å². The number of hydrogen-bond donors (Lipinski definition) is 0. The molecule has 1 aromatic heterocycles. The van der Waals surface area contributed by atoms with Crippen LogP contribution in [0.15, 0.2) is 10.7 Å². The summed E-state index contributed by atoms with van der Waals surface area (Å²) in [6.45, 7) is 1.53. The first-order valence-electron chi connectivity index (χ1n) is 4.46. The Balaban J connectivity index is 3.05. The Bertz CT molecular complexity index is 410. The highest BCUT2D eigenvalue weighted by Crippen LogP contribution is 2.25. The predicted molar refractivity (Wildman–Crippen MR) is 57.4 cm³/mol. The quantitative estimate of drug-likeness (QED) is 0.635. The maximum atomic E-state index is 12.5. The fourth-order valence-electron chi connectivity index (χ4n) is 1.23. The molecule has 0 aliphatic rings. The van der Waals surface area contributed by atoms with Gasteiger partial charge in [0.15, 0.2) is 0 Å². The van der Waals surface area contributed by atoms with E-state index in [1.165, 1.54) is 20.1 Å². The normalized spacial score (nSPS) is 10.6. The summed E-state index contributed by atoms with van der Waals surface area (Å²) in [4.78, 5) is 14.8. The van der Waals surface area contributed by atoms with Gasteiger partial charge in [-0.05, 0) is 34.0 Å². The zero-order chi connectivity index (χ0) is 12.3. The summed E-state index contributed by atoms with van der Waals surface area (Å²) in [5, 5.41) is 0. The summed E-state index contributed by atoms with van der Waals surface area (Å²) >= 11 is 3.06. The van der Waals surface area contributed by atoms with Crippen LogP contribution in [0.3, 0.4) is 0 Å². The van der Waals surface area contributed by atoms with Gasteiger partial charge in [-0.3, -0.25) is 4.79 Å². The number of ether oxygens (including phenoxy) is 1. The number of carbonyl (C=O) groups excluding carboxylic acids is 1. The van der Waals surface area contributed by atoms with Gasteiger partial charge in [0.25, 0.3) is 6.43 Å². The molecule has 0 radical (unpaired) electrons. The molecule has 0 atom stereocenters. The number of aromatic nitrogens is 1. The van der Waals surface area contributed by atoms with Gasteiger partial charge in [-0.15, -0.1) is 0 Å². The van der Waals surface area contributed by atoms with Gasteiger partial charge in [0, 0.05) is 0 Å². The lowest BCUT2D eigenvalue weighted by molar-refractivity contribution is -0.139. The summed E-state index contributed by atoms with van der Waals surface area (Å²) in [5.74, 6) is -0.438. The first-order valence-corrected chi connectivity index (χ1v) is 5.26. The summed E-state index contributed by atoms with van der Waals surface area (Å²) in [7, 11) is 1.27. The highest BCUT2D eigenvalue weighted by molar-refractivity contribution is 9.10. The molecule has 6 heteroatoms. The van der Waals surface area contributed by atoms with Crippen molar-refractivity contribution in [3.05, 3.63) is 27.5 Å². The summed E-state index contributed by atoms with van der Waals surface area (Å²) in [6.07, 6.45) is -2.61. The molecule has 1 heterocycles. The van der Waals surface area contributed by atoms with E-state index in [0.717, 1.165) is 0 Å². The van der Waals surface area contributed by atoms with Gasteiger partial charge in [-0.1, -0.05) is 6.07 Å². The van der Waals surface area contributed by atoms with E-state index >= 15 is 0 Å². The number of aryl methyl sites for hydroxylation is 1. The number of hydrogen-bond acceptors (Lipinski definition) is 3. The van der Waals surface area contributed by atoms with Crippen molar-refractivity contribution in [2.75, 3.05) is 7.11 Å². The van der Waals surface area contributed by atoms with E-state index < -0.39 is 12.4 Å². The molecule has 0 fully saturated rings. The second kappa shape index (κ2) is 5.34. The zero-order valence-corrected chi connectivity index (χ0v) is 10.3. The van der Waals surface area contributed by atoms with Crippen LogP contribution in [0, 0.1) is 6.92 Å². The monoisotopic (exact) mass is 293 g/mol. The van der Waals surface area contributed by atoms with Gasteiger partial charge < -0.3 is 4.74 Å². The molecule has 16 heavy (non-hydrogen) atoms. The number of rotatable bonds is 3. The topological polar surface area (TPSA) is 39.2 Å². The molecule has 0 aliphatic heterocycles. The fraction of sp³-hybridized carbons (Fsp3) is 0.400. The second-order valence-corrected chi connectivity index (χ2v) is 3.95. The number of nitrogens with zero attached hydrogens (tertiary/aromatic N) is 1. The van der Waals surface area contributed by atoms with E-state index in [1.807, 2.05) is 0 Å². The molecule has 0 N–H and O–H groups in total. The van der Waals surface area contributed by atoms with Crippen LogP contribution >= 0.6 is 15.9 Å². The van der Waals surface area contributed by atoms with E-state index in [-0.39, 0.29) is 16.7 Å². The van der Waals surface area contributed by atoms with Crippen LogP contribution in [-0.2, 0) is 16.0 Å². The maximum absolute atomic E-state index is 12.5. The number of pyridine rings is 1. The minimum absolute atomic E-state index is 0.00837. The molecule has 0 amide bonds. The van der Waals surface area contributed by atoms with Crippen molar-refractivity contribution in [2.24, 2.45) is 0 Å². The van der Waals surface area contributed by atoms with E-state index in [1.54, 1.807) is 0 Å². The SMILES string of the molecule is COC(=O)Cc1cc(C)c(C(F)F)nc1Br. The maximum Gasteiger partial charge on any atom is 0.310 e. The molecule has 0 saturated carbocycles. The standard InChI is InChI=1S/C10H10BrF2NO2/c1-5-3-6(4-7(15)16-2)9(11)14-8(5)10(12)13/h3,10H,4H2,1-2H3. The molecule has 3 nitrogen and oxygen atoms in total. The fourth-order valence-corrected chi connectivity index (χ4v) is 1.68. The lowest BCUT2D eigenvalue weighted by atomic mass is 10.1. The summed E-state index contributed by atoms with van der Waals surface area (Å²) < 4.78 is 29.7. The van der Waals surface area contributed by atoms with Gasteiger partial charge in [-0.25, -0.2) is 13.8 Å². The molecule has 0 aromatic carbocycles. The van der Waals surface area contributed by atoms with Crippen molar-refractivity contribution in [3.63, 3.8) is 0 Å². The average molecular weight is 294 g/mol. The molecule has 1 aromatic rings. The third-order valence-corrected chi connectivity index (χ3v) is 2.73. The van der Waals surface area contributed by atoms with Crippen molar-refractivity contribution in [2.45, 2.75) is 19.8 Å². The molecule has 1 rings (SSSR count). The Morgan fingerprint density at radius 2 is 2.25 bits per heavy atom. The van der Waals surface area contributed by atoms with Crippen LogP contribution < -0.4 is 0 Å². The van der Waals surface area contributed by atoms with Crippen LogP contribution in [0.25, 0.3) is 0 Å². The Kier molecular flexibility index (Phi) is 4.35. The Morgan fingerprint density at radius 3 is 2.75 bits per heavy atom. The number of alkyl halides is 2. The molecule has 0 saturated heterocycles. The van der Waals surface area contributed by atoms with E-state index in [9.17, 15) is 13.6 Å². The first kappa shape index (κ1) is 13.0. The minimum Gasteiger partial charge on any atom is -0.469 e. The molecule has 0 spiro atoms. The molecular formula is C10H10BrF2NO2. The zero-order valence-electron chi connectivity index (χ0n) is 8.76. The van der Waals surface area contributed by atoms with E-state index in [2.05, 4.69) is 25.7 Å². The molecule has 0 unspecified atom stereocenters. The van der Waals surface area contributed by atoms with Crippen molar-refractivity contribution >= 4 is 21.9 Å². The summed E-state index contributed by atoms with van der Waals surface area (Å²) in [5.41, 5.74) is 0.617. The number of methoxy groups -OCH3 is 1. The number of esters is 1. The third kappa shape index (κ3) is 2.98. The Labute approximate surface area is 99.9 Å². The second-order valence-electron chi connectivity index (χ2n) is 3.19. The molecule has 0 bridgehead atoms. The predicted octanol–water partition coefficient (Wildman–Crippen LogP) is 2.81. The van der Waals surface area contributed by atoms with Crippen molar-refractivity contribution in [1.82, 2.24) is 4.98 Å². The van der Waals surface area contributed by atoms with E-state index in [0.29, 0.717) is 11.1 Å². The van der Waals surface area contributed by atoms with Gasteiger partial charge in [0.2, 0.25) is 0 Å². The Hall–Kier alpha value is -1.04. The third-order valence-electron chi connectivity index (χ3n) is 2.05. The van der Waals surface area contributed by atoms with Crippen molar-refractivity contribution < 1.29 is 18.3 Å². The number of carbonyl (C=O) groups is 1. The van der Waals surface area contributed by atoms with Crippen LogP contribution in [0.2, 0.25) is 0 Å². The summed E-state index contributed by atoms with van der Waals surface area (Å²) in [6, 6.07) is 1.51. The van der Waals surface area contributed by atoms with Gasteiger partial charge in [0.1, 0.15) is 10.3 Å². The lowest BCUT2D eigenvalue weighted by Gasteiger charge is -2.08. The van der Waals surface area contributed by atoms with Gasteiger partial charge >= 0.3 is 5.97 Å². The highest BCUT2D eigenvalue weighted by Gasteiger charge is 2.16. The Morgan fingerprint density at radius 1 is 1.62 bits per heavy atom. The van der Waals surface area contributed by atoms with Crippen LogP contribution in [0.4, 0.5) is 8.78 Å². The van der Waals surface area contributed by atoms with Gasteiger partial charge in [0.05, 0.1) is 13.5 Å². The minimum atomic E-state index is -2.62. The van der Waals surface area contributed by atoms with Crippen LogP contribution in [0.1, 0.15) is 23.2 Å². The van der Waals surface area contributed by atoms with Crippen molar-refractivity contribution in [1.29, 1.82) is 0 Å². The van der Waals surface area contributed by atoms with E-state index in [4.69, 9.17) is 0 Å². The van der Waals surface area contributed by atoms with Crippen molar-refractivity contribution in [3.8, 4) is 0 Å². The highest BCUT2D eigenvalue weighted by atomic mass is 79.9. The molecule has 0 aliphatic carbocycles. The molecular weight excluding hydrogens is 284 g/mol. The van der Waals surface area contributed by atoms with Crippen LogP contribution in [-0.4, -0.2) is 18.1 Å². The molecule has 88 valence electrons.